The van der Waals surface area contributed by atoms with Crippen molar-refractivity contribution in [1.29, 1.82) is 0 Å². The SMILES string of the molecule is CCCC(C)NC(=O)COC(=O)c1c(C)nn(Cc2ccccc2)c1C. The van der Waals surface area contributed by atoms with Crippen molar-refractivity contribution in [3.63, 3.8) is 0 Å². The third-order valence-electron chi connectivity index (χ3n) is 4.22. The van der Waals surface area contributed by atoms with Crippen LogP contribution >= 0.6 is 0 Å². The molecule has 1 heterocycles. The van der Waals surface area contributed by atoms with E-state index in [1.807, 2.05) is 44.2 Å². The van der Waals surface area contributed by atoms with Gasteiger partial charge in [-0.2, -0.15) is 5.10 Å². The molecular formula is C20H27N3O3. The first kappa shape index (κ1) is 19.7. The van der Waals surface area contributed by atoms with Crippen molar-refractivity contribution in [2.75, 3.05) is 6.61 Å². The molecule has 1 aromatic carbocycles. The van der Waals surface area contributed by atoms with Crippen LogP contribution in [0.1, 0.15) is 54.0 Å². The van der Waals surface area contributed by atoms with Crippen molar-refractivity contribution in [2.24, 2.45) is 0 Å². The Kier molecular flexibility index (Phi) is 6.95. The lowest BCUT2D eigenvalue weighted by Crippen LogP contribution is -2.35. The molecule has 2 aromatic rings. The third kappa shape index (κ3) is 5.18. The lowest BCUT2D eigenvalue weighted by atomic mass is 10.2. The molecule has 6 nitrogen and oxygen atoms in total. The van der Waals surface area contributed by atoms with Crippen molar-refractivity contribution in [3.8, 4) is 0 Å². The summed E-state index contributed by atoms with van der Waals surface area (Å²) in [5.41, 5.74) is 2.86. The van der Waals surface area contributed by atoms with E-state index in [-0.39, 0.29) is 18.6 Å². The van der Waals surface area contributed by atoms with Gasteiger partial charge in [0.1, 0.15) is 5.56 Å². The Labute approximate surface area is 154 Å². The number of rotatable bonds is 8. The van der Waals surface area contributed by atoms with Gasteiger partial charge in [0.25, 0.3) is 5.91 Å². The molecule has 0 bridgehead atoms. The van der Waals surface area contributed by atoms with Crippen LogP contribution in [0.2, 0.25) is 0 Å². The smallest absolute Gasteiger partial charge is 0.342 e. The van der Waals surface area contributed by atoms with Crippen LogP contribution < -0.4 is 5.32 Å². The van der Waals surface area contributed by atoms with Gasteiger partial charge in [0, 0.05) is 6.04 Å². The van der Waals surface area contributed by atoms with Crippen molar-refractivity contribution >= 4 is 11.9 Å². The molecule has 1 amide bonds. The summed E-state index contributed by atoms with van der Waals surface area (Å²) in [6, 6.07) is 9.98. The molecule has 140 valence electrons. The number of ether oxygens (including phenoxy) is 1. The molecule has 6 heteroatoms. The summed E-state index contributed by atoms with van der Waals surface area (Å²) in [6.45, 7) is 7.90. The average Bonchev–Trinajstić information content (AvgIpc) is 2.87. The summed E-state index contributed by atoms with van der Waals surface area (Å²) in [7, 11) is 0. The molecule has 1 unspecified atom stereocenters. The standard InChI is InChI=1S/C20H27N3O3/c1-5-9-14(2)21-18(24)13-26-20(25)19-15(3)22-23(16(19)4)12-17-10-7-6-8-11-17/h6-8,10-11,14H,5,9,12-13H2,1-4H3,(H,21,24). The zero-order valence-corrected chi connectivity index (χ0v) is 15.9. The van der Waals surface area contributed by atoms with Crippen molar-refractivity contribution in [3.05, 3.63) is 52.8 Å². The maximum absolute atomic E-state index is 12.4. The summed E-state index contributed by atoms with van der Waals surface area (Å²) in [5, 5.41) is 7.26. The van der Waals surface area contributed by atoms with Gasteiger partial charge >= 0.3 is 5.97 Å². The van der Waals surface area contributed by atoms with Gasteiger partial charge in [0.2, 0.25) is 0 Å². The van der Waals surface area contributed by atoms with Crippen LogP contribution in [0.25, 0.3) is 0 Å². The van der Waals surface area contributed by atoms with Crippen molar-refractivity contribution in [1.82, 2.24) is 15.1 Å². The van der Waals surface area contributed by atoms with Crippen molar-refractivity contribution in [2.45, 2.75) is 53.1 Å². The molecule has 1 aromatic heterocycles. The molecule has 1 N–H and O–H groups in total. The topological polar surface area (TPSA) is 73.2 Å². The second kappa shape index (κ2) is 9.17. The Morgan fingerprint density at radius 3 is 2.58 bits per heavy atom. The molecule has 0 spiro atoms. The number of esters is 1. The number of hydrogen-bond donors (Lipinski definition) is 1. The van der Waals surface area contributed by atoms with Crippen LogP contribution in [-0.4, -0.2) is 34.3 Å². The Balaban J connectivity index is 2.00. The van der Waals surface area contributed by atoms with Crippen LogP contribution in [-0.2, 0) is 16.1 Å². The first-order chi connectivity index (χ1) is 12.4. The highest BCUT2D eigenvalue weighted by Crippen LogP contribution is 2.16. The summed E-state index contributed by atoms with van der Waals surface area (Å²) < 4.78 is 6.97. The lowest BCUT2D eigenvalue weighted by molar-refractivity contribution is -0.124. The first-order valence-electron chi connectivity index (χ1n) is 8.96. The van der Waals surface area contributed by atoms with Gasteiger partial charge in [-0.1, -0.05) is 43.7 Å². The minimum Gasteiger partial charge on any atom is -0.452 e. The van der Waals surface area contributed by atoms with E-state index in [4.69, 9.17) is 4.74 Å². The minimum absolute atomic E-state index is 0.0725. The number of nitrogens with zero attached hydrogens (tertiary/aromatic N) is 2. The molecule has 0 aliphatic rings. The minimum atomic E-state index is -0.516. The van der Waals surface area contributed by atoms with Crippen LogP contribution in [0.3, 0.4) is 0 Å². The van der Waals surface area contributed by atoms with Crippen molar-refractivity contribution < 1.29 is 14.3 Å². The molecule has 2 rings (SSSR count). The van der Waals surface area contributed by atoms with E-state index in [0.29, 0.717) is 17.8 Å². The van der Waals surface area contributed by atoms with Crippen LogP contribution in [0, 0.1) is 13.8 Å². The fourth-order valence-corrected chi connectivity index (χ4v) is 2.93. The summed E-state index contributed by atoms with van der Waals surface area (Å²) in [6.07, 6.45) is 1.88. The number of nitrogens with one attached hydrogen (secondary N) is 1. The molecule has 0 saturated carbocycles. The fraction of sp³-hybridized carbons (Fsp3) is 0.450. The first-order valence-corrected chi connectivity index (χ1v) is 8.96. The molecule has 0 fully saturated rings. The van der Waals surface area contributed by atoms with Gasteiger partial charge in [-0.3, -0.25) is 9.48 Å². The van der Waals surface area contributed by atoms with E-state index < -0.39 is 5.97 Å². The monoisotopic (exact) mass is 357 g/mol. The largest absolute Gasteiger partial charge is 0.452 e. The zero-order chi connectivity index (χ0) is 19.1. The summed E-state index contributed by atoms with van der Waals surface area (Å²) in [5.74, 6) is -0.802. The highest BCUT2D eigenvalue weighted by molar-refractivity contribution is 5.93. The van der Waals surface area contributed by atoms with E-state index in [1.54, 1.807) is 11.6 Å². The number of carbonyl (C=O) groups excluding carboxylic acids is 2. The fourth-order valence-electron chi connectivity index (χ4n) is 2.93. The van der Waals surface area contributed by atoms with Crippen LogP contribution in [0.15, 0.2) is 30.3 Å². The van der Waals surface area contributed by atoms with E-state index in [1.165, 1.54) is 0 Å². The molecule has 26 heavy (non-hydrogen) atoms. The number of aryl methyl sites for hydroxylation is 1. The highest BCUT2D eigenvalue weighted by Gasteiger charge is 2.21. The molecule has 0 aliphatic heterocycles. The quantitative estimate of drug-likeness (QED) is 0.737. The van der Waals surface area contributed by atoms with Gasteiger partial charge in [-0.05, 0) is 32.8 Å². The average molecular weight is 357 g/mol. The van der Waals surface area contributed by atoms with Gasteiger partial charge in [0.05, 0.1) is 17.9 Å². The van der Waals surface area contributed by atoms with Gasteiger partial charge in [0.15, 0.2) is 6.61 Å². The predicted molar refractivity (Wildman–Crippen MR) is 100 cm³/mol. The third-order valence-corrected chi connectivity index (χ3v) is 4.22. The molecule has 0 saturated heterocycles. The molecule has 0 aliphatic carbocycles. The Hall–Kier alpha value is -2.63. The Morgan fingerprint density at radius 1 is 1.23 bits per heavy atom. The molecule has 0 radical (unpaired) electrons. The van der Waals surface area contributed by atoms with Crippen LogP contribution in [0.4, 0.5) is 0 Å². The predicted octanol–water partition coefficient (Wildman–Crippen LogP) is 3.01. The maximum Gasteiger partial charge on any atom is 0.342 e. The number of hydrogen-bond acceptors (Lipinski definition) is 4. The Morgan fingerprint density at radius 2 is 1.92 bits per heavy atom. The summed E-state index contributed by atoms with van der Waals surface area (Å²) >= 11 is 0. The maximum atomic E-state index is 12.4. The number of aromatic nitrogens is 2. The van der Waals surface area contributed by atoms with E-state index in [0.717, 1.165) is 24.1 Å². The molecule has 1 atom stereocenters. The van der Waals surface area contributed by atoms with Gasteiger partial charge in [-0.15, -0.1) is 0 Å². The number of carbonyl (C=O) groups is 2. The second-order valence-corrected chi connectivity index (χ2v) is 6.52. The van der Waals surface area contributed by atoms with Gasteiger partial charge < -0.3 is 10.1 Å². The van der Waals surface area contributed by atoms with E-state index in [2.05, 4.69) is 17.3 Å². The van der Waals surface area contributed by atoms with E-state index >= 15 is 0 Å². The zero-order valence-electron chi connectivity index (χ0n) is 15.9. The number of amides is 1. The van der Waals surface area contributed by atoms with E-state index in [9.17, 15) is 9.59 Å². The highest BCUT2D eigenvalue weighted by atomic mass is 16.5. The second-order valence-electron chi connectivity index (χ2n) is 6.52. The van der Waals surface area contributed by atoms with Gasteiger partial charge in [-0.25, -0.2) is 4.79 Å². The lowest BCUT2D eigenvalue weighted by Gasteiger charge is -2.12. The summed E-state index contributed by atoms with van der Waals surface area (Å²) in [4.78, 5) is 24.3. The van der Waals surface area contributed by atoms with Crippen LogP contribution in [0.5, 0.6) is 0 Å². The number of benzene rings is 1. The Bertz CT molecular complexity index is 753. The normalized spacial score (nSPS) is 11.8. The molecular weight excluding hydrogens is 330 g/mol.